The minimum atomic E-state index is 0.250. The number of aliphatic hydroxyl groups excluding tert-OH is 1. The van der Waals surface area contributed by atoms with Crippen molar-refractivity contribution >= 4 is 0 Å². The van der Waals surface area contributed by atoms with E-state index in [9.17, 15) is 0 Å². The molecule has 12 heavy (non-hydrogen) atoms. The van der Waals surface area contributed by atoms with Crippen molar-refractivity contribution in [1.82, 2.24) is 5.32 Å². The van der Waals surface area contributed by atoms with E-state index < -0.39 is 0 Å². The SMILES string of the molecule is CCO.CNC1C(C)CC1(C)C. The third-order valence-corrected chi connectivity index (χ3v) is 2.57. The highest BCUT2D eigenvalue weighted by Crippen LogP contribution is 2.44. The quantitative estimate of drug-likeness (QED) is 0.632. The Bertz CT molecular complexity index is 123. The Labute approximate surface area is 76.4 Å². The van der Waals surface area contributed by atoms with Crippen LogP contribution in [0.2, 0.25) is 0 Å². The molecule has 2 nitrogen and oxygen atoms in total. The van der Waals surface area contributed by atoms with E-state index in [1.165, 1.54) is 6.42 Å². The van der Waals surface area contributed by atoms with Crippen molar-refractivity contribution in [3.05, 3.63) is 0 Å². The summed E-state index contributed by atoms with van der Waals surface area (Å²) in [5.74, 6) is 0.880. The lowest BCUT2D eigenvalue weighted by atomic mass is 9.61. The normalized spacial score (nSPS) is 31.5. The Morgan fingerprint density at radius 3 is 2.00 bits per heavy atom. The first-order valence-electron chi connectivity index (χ1n) is 4.77. The van der Waals surface area contributed by atoms with Gasteiger partial charge >= 0.3 is 0 Å². The Kier molecular flexibility index (Phi) is 4.80. The molecule has 1 aliphatic rings. The molecule has 74 valence electrons. The maximum absolute atomic E-state index is 7.57. The summed E-state index contributed by atoms with van der Waals surface area (Å²) >= 11 is 0. The molecule has 0 aromatic heterocycles. The predicted molar refractivity (Wildman–Crippen MR) is 53.2 cm³/mol. The Balaban J connectivity index is 0.000000354. The zero-order valence-electron chi connectivity index (χ0n) is 9.02. The highest BCUT2D eigenvalue weighted by Gasteiger charge is 2.43. The van der Waals surface area contributed by atoms with E-state index in [0.29, 0.717) is 5.41 Å². The van der Waals surface area contributed by atoms with E-state index in [2.05, 4.69) is 33.1 Å². The van der Waals surface area contributed by atoms with E-state index in [-0.39, 0.29) is 6.61 Å². The molecule has 0 saturated heterocycles. The minimum Gasteiger partial charge on any atom is -0.397 e. The largest absolute Gasteiger partial charge is 0.397 e. The van der Waals surface area contributed by atoms with Crippen molar-refractivity contribution in [1.29, 1.82) is 0 Å². The lowest BCUT2D eigenvalue weighted by Crippen LogP contribution is -2.54. The number of rotatable bonds is 1. The lowest BCUT2D eigenvalue weighted by Gasteiger charge is -2.50. The van der Waals surface area contributed by atoms with Gasteiger partial charge in [0.05, 0.1) is 0 Å². The highest BCUT2D eigenvalue weighted by atomic mass is 16.2. The van der Waals surface area contributed by atoms with Crippen LogP contribution in [0, 0.1) is 11.3 Å². The average Bonchev–Trinajstić information content (AvgIpc) is 1.87. The fraction of sp³-hybridized carbons (Fsp3) is 1.00. The molecule has 2 atom stereocenters. The van der Waals surface area contributed by atoms with Gasteiger partial charge in [-0.25, -0.2) is 0 Å². The fourth-order valence-electron chi connectivity index (χ4n) is 2.36. The van der Waals surface area contributed by atoms with Crippen molar-refractivity contribution in [2.75, 3.05) is 13.7 Å². The number of aliphatic hydroxyl groups is 1. The Hall–Kier alpha value is -0.0800. The van der Waals surface area contributed by atoms with Crippen LogP contribution in [0.25, 0.3) is 0 Å². The lowest BCUT2D eigenvalue weighted by molar-refractivity contribution is 0.0449. The minimum absolute atomic E-state index is 0.250. The van der Waals surface area contributed by atoms with Crippen LogP contribution in [-0.2, 0) is 0 Å². The van der Waals surface area contributed by atoms with E-state index in [4.69, 9.17) is 5.11 Å². The number of hydrogen-bond donors (Lipinski definition) is 2. The second-order valence-electron chi connectivity index (χ2n) is 4.25. The third-order valence-electron chi connectivity index (χ3n) is 2.57. The van der Waals surface area contributed by atoms with Gasteiger partial charge in [-0.1, -0.05) is 20.8 Å². The summed E-state index contributed by atoms with van der Waals surface area (Å²) < 4.78 is 0. The molecule has 0 spiro atoms. The maximum Gasteiger partial charge on any atom is 0.0402 e. The zero-order valence-corrected chi connectivity index (χ0v) is 9.02. The van der Waals surface area contributed by atoms with Crippen LogP contribution >= 0.6 is 0 Å². The van der Waals surface area contributed by atoms with E-state index in [1.807, 2.05) is 0 Å². The molecular formula is C10H23NO. The molecule has 1 fully saturated rings. The van der Waals surface area contributed by atoms with E-state index in [0.717, 1.165) is 12.0 Å². The van der Waals surface area contributed by atoms with Gasteiger partial charge in [-0.05, 0) is 31.7 Å². The van der Waals surface area contributed by atoms with Crippen molar-refractivity contribution in [2.24, 2.45) is 11.3 Å². The van der Waals surface area contributed by atoms with Crippen molar-refractivity contribution in [3.63, 3.8) is 0 Å². The number of nitrogens with one attached hydrogen (secondary N) is 1. The topological polar surface area (TPSA) is 32.3 Å². The Morgan fingerprint density at radius 1 is 1.50 bits per heavy atom. The van der Waals surface area contributed by atoms with Crippen molar-refractivity contribution in [2.45, 2.75) is 40.2 Å². The summed E-state index contributed by atoms with van der Waals surface area (Å²) in [6.45, 7) is 8.90. The van der Waals surface area contributed by atoms with Crippen LogP contribution in [0.4, 0.5) is 0 Å². The predicted octanol–water partition coefficient (Wildman–Crippen LogP) is 1.64. The monoisotopic (exact) mass is 173 g/mol. The molecule has 0 aliphatic heterocycles. The first-order valence-corrected chi connectivity index (χ1v) is 4.77. The summed E-state index contributed by atoms with van der Waals surface area (Å²) in [5, 5.41) is 10.9. The van der Waals surface area contributed by atoms with Gasteiger partial charge in [0.25, 0.3) is 0 Å². The van der Waals surface area contributed by atoms with Crippen LogP contribution < -0.4 is 5.32 Å². The smallest absolute Gasteiger partial charge is 0.0402 e. The first kappa shape index (κ1) is 11.9. The van der Waals surface area contributed by atoms with Crippen LogP contribution in [0.5, 0.6) is 0 Å². The molecule has 1 saturated carbocycles. The number of hydrogen-bond acceptors (Lipinski definition) is 2. The van der Waals surface area contributed by atoms with Gasteiger partial charge in [0.15, 0.2) is 0 Å². The summed E-state index contributed by atoms with van der Waals surface area (Å²) in [6.07, 6.45) is 1.37. The average molecular weight is 173 g/mol. The van der Waals surface area contributed by atoms with E-state index in [1.54, 1.807) is 6.92 Å². The molecule has 1 rings (SSSR count). The maximum atomic E-state index is 7.57. The van der Waals surface area contributed by atoms with Gasteiger partial charge in [0.2, 0.25) is 0 Å². The summed E-state index contributed by atoms with van der Waals surface area (Å²) in [6, 6.07) is 0.748. The van der Waals surface area contributed by atoms with Crippen molar-refractivity contribution < 1.29 is 5.11 Å². The van der Waals surface area contributed by atoms with Gasteiger partial charge in [0.1, 0.15) is 0 Å². The molecule has 0 aromatic rings. The third kappa shape index (κ3) is 2.76. The fourth-order valence-corrected chi connectivity index (χ4v) is 2.36. The van der Waals surface area contributed by atoms with E-state index >= 15 is 0 Å². The summed E-state index contributed by atoms with van der Waals surface area (Å²) in [5.41, 5.74) is 0.550. The van der Waals surface area contributed by atoms with Crippen molar-refractivity contribution in [3.8, 4) is 0 Å². The molecule has 0 heterocycles. The van der Waals surface area contributed by atoms with Crippen LogP contribution in [-0.4, -0.2) is 24.8 Å². The van der Waals surface area contributed by atoms with Gasteiger partial charge < -0.3 is 10.4 Å². The second kappa shape index (κ2) is 4.83. The van der Waals surface area contributed by atoms with Crippen LogP contribution in [0.1, 0.15) is 34.1 Å². The van der Waals surface area contributed by atoms with Crippen LogP contribution in [0.3, 0.4) is 0 Å². The molecule has 1 aliphatic carbocycles. The molecule has 0 aromatic carbocycles. The second-order valence-corrected chi connectivity index (χ2v) is 4.25. The molecule has 0 bridgehead atoms. The Morgan fingerprint density at radius 2 is 1.92 bits per heavy atom. The van der Waals surface area contributed by atoms with Gasteiger partial charge in [-0.2, -0.15) is 0 Å². The summed E-state index contributed by atoms with van der Waals surface area (Å²) in [7, 11) is 2.06. The molecule has 0 radical (unpaired) electrons. The molecular weight excluding hydrogens is 150 g/mol. The molecule has 2 unspecified atom stereocenters. The van der Waals surface area contributed by atoms with Gasteiger partial charge in [0, 0.05) is 12.6 Å². The van der Waals surface area contributed by atoms with Gasteiger partial charge in [-0.15, -0.1) is 0 Å². The zero-order chi connectivity index (χ0) is 9.78. The molecule has 0 amide bonds. The highest BCUT2D eigenvalue weighted by molar-refractivity contribution is 4.98. The standard InChI is InChI=1S/C8H17N.C2H6O/c1-6-5-8(2,3)7(6)9-4;1-2-3/h6-7,9H,5H2,1-4H3;3H,2H2,1H3. The van der Waals surface area contributed by atoms with Crippen LogP contribution in [0.15, 0.2) is 0 Å². The molecule has 2 N–H and O–H groups in total. The summed E-state index contributed by atoms with van der Waals surface area (Å²) in [4.78, 5) is 0. The first-order chi connectivity index (χ1) is 5.49. The molecule has 2 heteroatoms. The van der Waals surface area contributed by atoms with Gasteiger partial charge in [-0.3, -0.25) is 0 Å².